The highest BCUT2D eigenvalue weighted by Crippen LogP contribution is 2.33. The first kappa shape index (κ1) is 15.2. The van der Waals surface area contributed by atoms with Crippen molar-refractivity contribution in [3.63, 3.8) is 0 Å². The van der Waals surface area contributed by atoms with Crippen LogP contribution in [0.4, 0.5) is 0 Å². The molecule has 0 aliphatic rings. The quantitative estimate of drug-likeness (QED) is 0.750. The van der Waals surface area contributed by atoms with Crippen molar-refractivity contribution in [3.8, 4) is 0 Å². The molecule has 0 fully saturated rings. The third-order valence-electron chi connectivity index (χ3n) is 3.26. The molecule has 1 aromatic rings. The Bertz CT molecular complexity index is 377. The van der Waals surface area contributed by atoms with E-state index in [9.17, 15) is 0 Å². The van der Waals surface area contributed by atoms with Crippen molar-refractivity contribution in [1.29, 1.82) is 0 Å². The fourth-order valence-electron chi connectivity index (χ4n) is 1.93. The van der Waals surface area contributed by atoms with Gasteiger partial charge in [0.2, 0.25) is 0 Å². The molecular formula is C14H21Br2N. The Hall–Kier alpha value is 0.140. The van der Waals surface area contributed by atoms with E-state index in [0.717, 1.165) is 8.95 Å². The second-order valence-electron chi connectivity index (χ2n) is 4.77. The molecule has 2 unspecified atom stereocenters. The van der Waals surface area contributed by atoms with Crippen LogP contribution in [0.3, 0.4) is 0 Å². The third kappa shape index (κ3) is 4.08. The summed E-state index contributed by atoms with van der Waals surface area (Å²) in [5, 5.41) is 0. The molecule has 0 bridgehead atoms. The average molecular weight is 363 g/mol. The van der Waals surface area contributed by atoms with E-state index in [2.05, 4.69) is 64.8 Å². The van der Waals surface area contributed by atoms with Crippen molar-refractivity contribution in [2.24, 2.45) is 11.7 Å². The number of unbranched alkanes of at least 4 members (excludes halogenated alkanes) is 1. The summed E-state index contributed by atoms with van der Waals surface area (Å²) < 4.78 is 2.25. The lowest BCUT2D eigenvalue weighted by Crippen LogP contribution is -2.19. The first-order valence-corrected chi connectivity index (χ1v) is 7.77. The molecule has 1 rings (SSSR count). The summed E-state index contributed by atoms with van der Waals surface area (Å²) in [5.74, 6) is 0.515. The Labute approximate surface area is 121 Å². The molecular weight excluding hydrogens is 342 g/mol. The zero-order chi connectivity index (χ0) is 13.0. The number of hydrogen-bond acceptors (Lipinski definition) is 1. The molecule has 0 radical (unpaired) electrons. The van der Waals surface area contributed by atoms with Crippen molar-refractivity contribution in [2.75, 3.05) is 0 Å². The van der Waals surface area contributed by atoms with Crippen molar-refractivity contribution in [2.45, 2.75) is 46.1 Å². The lowest BCUT2D eigenvalue weighted by atomic mass is 9.91. The number of aryl methyl sites for hydroxylation is 1. The van der Waals surface area contributed by atoms with E-state index in [1.807, 2.05) is 0 Å². The molecule has 17 heavy (non-hydrogen) atoms. The number of benzene rings is 1. The van der Waals surface area contributed by atoms with E-state index in [1.54, 1.807) is 0 Å². The summed E-state index contributed by atoms with van der Waals surface area (Å²) in [5.41, 5.74) is 8.78. The fourth-order valence-corrected chi connectivity index (χ4v) is 3.01. The summed E-state index contributed by atoms with van der Waals surface area (Å²) in [6.45, 7) is 6.54. The summed E-state index contributed by atoms with van der Waals surface area (Å²) in [4.78, 5) is 0. The van der Waals surface area contributed by atoms with E-state index in [1.165, 1.54) is 30.4 Å². The maximum Gasteiger partial charge on any atom is 0.0332 e. The molecule has 96 valence electrons. The van der Waals surface area contributed by atoms with Crippen molar-refractivity contribution < 1.29 is 0 Å². The van der Waals surface area contributed by atoms with Gasteiger partial charge in [0.25, 0.3) is 0 Å². The van der Waals surface area contributed by atoms with Gasteiger partial charge < -0.3 is 5.73 Å². The highest BCUT2D eigenvalue weighted by Gasteiger charge is 2.17. The van der Waals surface area contributed by atoms with E-state index < -0.39 is 0 Å². The molecule has 1 aromatic carbocycles. The molecule has 3 heteroatoms. The van der Waals surface area contributed by atoms with Gasteiger partial charge in [0.15, 0.2) is 0 Å². The van der Waals surface area contributed by atoms with Crippen molar-refractivity contribution in [3.05, 3.63) is 32.2 Å². The lowest BCUT2D eigenvalue weighted by Gasteiger charge is -2.22. The minimum atomic E-state index is 0.104. The van der Waals surface area contributed by atoms with Gasteiger partial charge in [0.05, 0.1) is 0 Å². The molecule has 0 amide bonds. The van der Waals surface area contributed by atoms with Crippen LogP contribution >= 0.6 is 31.9 Å². The Morgan fingerprint density at radius 2 is 1.88 bits per heavy atom. The highest BCUT2D eigenvalue weighted by molar-refractivity contribution is 9.11. The van der Waals surface area contributed by atoms with E-state index in [-0.39, 0.29) is 6.04 Å². The molecule has 0 heterocycles. The molecule has 0 aliphatic carbocycles. The van der Waals surface area contributed by atoms with Crippen molar-refractivity contribution in [1.82, 2.24) is 0 Å². The number of rotatable bonds is 5. The number of hydrogen-bond donors (Lipinski definition) is 1. The SMILES string of the molecule is CCCCC(C)C(N)c1cc(Br)c(C)cc1Br. The van der Waals surface area contributed by atoms with E-state index in [0.29, 0.717) is 5.92 Å². The largest absolute Gasteiger partial charge is 0.324 e. The molecule has 0 spiro atoms. The lowest BCUT2D eigenvalue weighted by molar-refractivity contribution is 0.422. The summed E-state index contributed by atoms with van der Waals surface area (Å²) in [7, 11) is 0. The van der Waals surface area contributed by atoms with Gasteiger partial charge >= 0.3 is 0 Å². The van der Waals surface area contributed by atoms with Crippen LogP contribution in [0.2, 0.25) is 0 Å². The van der Waals surface area contributed by atoms with E-state index >= 15 is 0 Å². The normalized spacial score (nSPS) is 14.7. The van der Waals surface area contributed by atoms with Gasteiger partial charge in [-0.2, -0.15) is 0 Å². The Balaban J connectivity index is 2.88. The topological polar surface area (TPSA) is 26.0 Å². The number of nitrogens with two attached hydrogens (primary N) is 1. The molecule has 2 atom stereocenters. The van der Waals surface area contributed by atoms with Crippen LogP contribution in [0.15, 0.2) is 21.1 Å². The average Bonchev–Trinajstić information content (AvgIpc) is 2.29. The Morgan fingerprint density at radius 3 is 2.47 bits per heavy atom. The van der Waals surface area contributed by atoms with Crippen molar-refractivity contribution >= 4 is 31.9 Å². The predicted octanol–water partition coefficient (Wildman–Crippen LogP) is 5.35. The van der Waals surface area contributed by atoms with Crippen LogP contribution in [0, 0.1) is 12.8 Å². The third-order valence-corrected chi connectivity index (χ3v) is 4.80. The van der Waals surface area contributed by atoms with Gasteiger partial charge in [-0.3, -0.25) is 0 Å². The minimum absolute atomic E-state index is 0.104. The van der Waals surface area contributed by atoms with Gasteiger partial charge in [-0.15, -0.1) is 0 Å². The zero-order valence-electron chi connectivity index (χ0n) is 10.8. The first-order chi connectivity index (χ1) is 7.97. The van der Waals surface area contributed by atoms with Crippen LogP contribution in [0.25, 0.3) is 0 Å². The predicted molar refractivity (Wildman–Crippen MR) is 82.2 cm³/mol. The molecule has 0 saturated carbocycles. The monoisotopic (exact) mass is 361 g/mol. The van der Waals surface area contributed by atoms with Crippen LogP contribution in [0.5, 0.6) is 0 Å². The smallest absolute Gasteiger partial charge is 0.0332 e. The Kier molecular flexibility index (Phi) is 6.18. The maximum atomic E-state index is 6.35. The minimum Gasteiger partial charge on any atom is -0.324 e. The van der Waals surface area contributed by atoms with E-state index in [4.69, 9.17) is 5.73 Å². The van der Waals surface area contributed by atoms with Crippen LogP contribution in [-0.4, -0.2) is 0 Å². The van der Waals surface area contributed by atoms with Gasteiger partial charge in [0, 0.05) is 15.0 Å². The summed E-state index contributed by atoms with van der Waals surface area (Å²) in [6, 6.07) is 4.38. The van der Waals surface area contributed by atoms with Gasteiger partial charge in [-0.05, 0) is 42.5 Å². The van der Waals surface area contributed by atoms with Gasteiger partial charge in [0.1, 0.15) is 0 Å². The summed E-state index contributed by atoms with van der Waals surface area (Å²) >= 11 is 7.19. The van der Waals surface area contributed by atoms with Gasteiger partial charge in [-0.1, -0.05) is 58.5 Å². The molecule has 1 nitrogen and oxygen atoms in total. The zero-order valence-corrected chi connectivity index (χ0v) is 13.9. The molecule has 0 saturated heterocycles. The second kappa shape index (κ2) is 6.91. The van der Waals surface area contributed by atoms with Crippen LogP contribution < -0.4 is 5.73 Å². The van der Waals surface area contributed by atoms with Crippen LogP contribution in [0.1, 0.15) is 50.3 Å². The highest BCUT2D eigenvalue weighted by atomic mass is 79.9. The first-order valence-electron chi connectivity index (χ1n) is 6.18. The summed E-state index contributed by atoms with van der Waals surface area (Å²) in [6.07, 6.45) is 3.67. The fraction of sp³-hybridized carbons (Fsp3) is 0.571. The van der Waals surface area contributed by atoms with Crippen LogP contribution in [-0.2, 0) is 0 Å². The number of halogens is 2. The maximum absolute atomic E-state index is 6.35. The standard InChI is InChI=1S/C14H21Br2N/c1-4-5-6-9(2)14(17)11-8-12(15)10(3)7-13(11)16/h7-9,14H,4-6,17H2,1-3H3. The van der Waals surface area contributed by atoms with Gasteiger partial charge in [-0.25, -0.2) is 0 Å². The Morgan fingerprint density at radius 1 is 1.24 bits per heavy atom. The molecule has 0 aromatic heterocycles. The second-order valence-corrected chi connectivity index (χ2v) is 6.48. The molecule has 0 aliphatic heterocycles. The molecule has 2 N–H and O–H groups in total.